The predicted molar refractivity (Wildman–Crippen MR) is 93.8 cm³/mol. The average Bonchev–Trinajstić information content (AvgIpc) is 2.79. The minimum absolute atomic E-state index is 0.157. The van der Waals surface area contributed by atoms with E-state index in [2.05, 4.69) is 15.9 Å². The van der Waals surface area contributed by atoms with Crippen LogP contribution >= 0.6 is 27.7 Å². The van der Waals surface area contributed by atoms with Crippen LogP contribution in [-0.2, 0) is 11.3 Å². The Hall–Kier alpha value is -2.05. The molecule has 0 saturated carbocycles. The van der Waals surface area contributed by atoms with Gasteiger partial charge >= 0.3 is 0 Å². The van der Waals surface area contributed by atoms with Gasteiger partial charge in [0.05, 0.1) is 11.4 Å². The van der Waals surface area contributed by atoms with Gasteiger partial charge in [-0.05, 0) is 47.2 Å². The summed E-state index contributed by atoms with van der Waals surface area (Å²) in [5, 5.41) is 9.00. The third kappa shape index (κ3) is 3.48. The molecule has 4 nitrogen and oxygen atoms in total. The van der Waals surface area contributed by atoms with Gasteiger partial charge in [0.2, 0.25) is 0 Å². The number of thioether (sulfide) groups is 1. The van der Waals surface area contributed by atoms with Gasteiger partial charge in [-0.25, -0.2) is 0 Å². The first-order valence-corrected chi connectivity index (χ1v) is 8.43. The number of nitrogens with zero attached hydrogens (tertiary/aromatic N) is 1. The molecule has 0 radical (unpaired) electrons. The van der Waals surface area contributed by atoms with Crippen LogP contribution < -0.4 is 0 Å². The number of rotatable bonds is 3. The molecule has 23 heavy (non-hydrogen) atoms. The van der Waals surface area contributed by atoms with Crippen molar-refractivity contribution in [2.45, 2.75) is 6.54 Å². The number of hydrogen-bond acceptors (Lipinski definition) is 4. The number of carbonyl (C=O) groups excluding carboxylic acids is 2. The van der Waals surface area contributed by atoms with Crippen molar-refractivity contribution >= 4 is 44.9 Å². The van der Waals surface area contributed by atoms with E-state index in [0.29, 0.717) is 4.91 Å². The molecule has 1 fully saturated rings. The molecule has 1 heterocycles. The molecule has 0 bridgehead atoms. The number of amides is 2. The second kappa shape index (κ2) is 6.60. The van der Waals surface area contributed by atoms with E-state index in [1.165, 1.54) is 17.0 Å². The zero-order valence-electron chi connectivity index (χ0n) is 11.9. The van der Waals surface area contributed by atoms with Crippen LogP contribution in [0.25, 0.3) is 6.08 Å². The van der Waals surface area contributed by atoms with Crippen LogP contribution in [0.3, 0.4) is 0 Å². The smallest absolute Gasteiger partial charge is 0.293 e. The number of imide groups is 1. The normalized spacial score (nSPS) is 16.4. The molecule has 116 valence electrons. The number of halogens is 1. The lowest BCUT2D eigenvalue weighted by atomic mass is 10.2. The molecule has 1 aliphatic rings. The van der Waals surface area contributed by atoms with Crippen molar-refractivity contribution in [1.82, 2.24) is 4.90 Å². The van der Waals surface area contributed by atoms with Crippen LogP contribution in [0.1, 0.15) is 11.1 Å². The molecule has 1 aliphatic heterocycles. The molecule has 0 aromatic heterocycles. The average molecular weight is 390 g/mol. The highest BCUT2D eigenvalue weighted by Gasteiger charge is 2.35. The van der Waals surface area contributed by atoms with Crippen molar-refractivity contribution < 1.29 is 14.7 Å². The lowest BCUT2D eigenvalue weighted by Crippen LogP contribution is -2.27. The number of carbonyl (C=O) groups is 2. The van der Waals surface area contributed by atoms with Gasteiger partial charge in [0.15, 0.2) is 0 Å². The number of benzene rings is 2. The van der Waals surface area contributed by atoms with E-state index in [1.807, 2.05) is 24.3 Å². The fourth-order valence-electron chi connectivity index (χ4n) is 2.16. The third-order valence-corrected chi connectivity index (χ3v) is 5.03. The van der Waals surface area contributed by atoms with E-state index in [-0.39, 0.29) is 23.4 Å². The summed E-state index contributed by atoms with van der Waals surface area (Å²) in [6, 6.07) is 14.0. The summed E-state index contributed by atoms with van der Waals surface area (Å²) in [6.07, 6.45) is 1.66. The number of aromatic hydroxyl groups is 1. The SMILES string of the molecule is O=C1S/C(=C\c2ccc(O)cc2)C(=O)N1Cc1ccccc1Br. The van der Waals surface area contributed by atoms with Crippen molar-refractivity contribution in [2.75, 3.05) is 0 Å². The lowest BCUT2D eigenvalue weighted by Gasteiger charge is -2.13. The van der Waals surface area contributed by atoms with Gasteiger partial charge in [0.1, 0.15) is 5.75 Å². The minimum Gasteiger partial charge on any atom is -0.508 e. The fraction of sp³-hybridized carbons (Fsp3) is 0.0588. The zero-order valence-corrected chi connectivity index (χ0v) is 14.3. The van der Waals surface area contributed by atoms with Crippen molar-refractivity contribution in [3.05, 3.63) is 69.0 Å². The summed E-state index contributed by atoms with van der Waals surface area (Å²) in [7, 11) is 0. The largest absolute Gasteiger partial charge is 0.508 e. The summed E-state index contributed by atoms with van der Waals surface area (Å²) < 4.78 is 0.863. The Labute approximate surface area is 145 Å². The summed E-state index contributed by atoms with van der Waals surface area (Å²) in [6.45, 7) is 0.235. The highest BCUT2D eigenvalue weighted by molar-refractivity contribution is 9.10. The highest BCUT2D eigenvalue weighted by Crippen LogP contribution is 2.34. The first-order valence-electron chi connectivity index (χ1n) is 6.82. The molecular weight excluding hydrogens is 378 g/mol. The summed E-state index contributed by atoms with van der Waals surface area (Å²) in [4.78, 5) is 26.2. The van der Waals surface area contributed by atoms with Gasteiger partial charge in [-0.3, -0.25) is 14.5 Å². The van der Waals surface area contributed by atoms with Gasteiger partial charge in [0.25, 0.3) is 11.1 Å². The monoisotopic (exact) mass is 389 g/mol. The molecule has 6 heteroatoms. The highest BCUT2D eigenvalue weighted by atomic mass is 79.9. The Morgan fingerprint density at radius 2 is 1.78 bits per heavy atom. The first kappa shape index (κ1) is 15.8. The molecular formula is C17H12BrNO3S. The van der Waals surface area contributed by atoms with Gasteiger partial charge < -0.3 is 5.11 Å². The van der Waals surface area contributed by atoms with Gasteiger partial charge in [-0.15, -0.1) is 0 Å². The molecule has 1 saturated heterocycles. The Morgan fingerprint density at radius 3 is 2.48 bits per heavy atom. The molecule has 2 aromatic carbocycles. The zero-order chi connectivity index (χ0) is 16.4. The quantitative estimate of drug-likeness (QED) is 0.790. The van der Waals surface area contributed by atoms with Crippen LogP contribution in [0.15, 0.2) is 57.9 Å². The minimum atomic E-state index is -0.302. The molecule has 2 aromatic rings. The van der Waals surface area contributed by atoms with Crippen molar-refractivity contribution in [2.24, 2.45) is 0 Å². The van der Waals surface area contributed by atoms with Gasteiger partial charge in [-0.2, -0.15) is 0 Å². The summed E-state index contributed by atoms with van der Waals surface area (Å²) >= 11 is 4.35. The topological polar surface area (TPSA) is 57.6 Å². The Morgan fingerprint density at radius 1 is 1.09 bits per heavy atom. The van der Waals surface area contributed by atoms with Crippen LogP contribution in [-0.4, -0.2) is 21.2 Å². The number of phenols is 1. The number of phenolic OH excluding ortho intramolecular Hbond substituents is 1. The summed E-state index contributed by atoms with van der Waals surface area (Å²) in [5.41, 5.74) is 1.63. The van der Waals surface area contributed by atoms with Crippen molar-refractivity contribution in [3.63, 3.8) is 0 Å². The molecule has 0 aliphatic carbocycles. The van der Waals surface area contributed by atoms with E-state index in [4.69, 9.17) is 0 Å². The second-order valence-electron chi connectivity index (χ2n) is 4.95. The molecule has 0 spiro atoms. The second-order valence-corrected chi connectivity index (χ2v) is 6.80. The van der Waals surface area contributed by atoms with Gasteiger partial charge in [0, 0.05) is 4.47 Å². The Bertz CT molecular complexity index is 802. The first-order chi connectivity index (χ1) is 11.0. The van der Waals surface area contributed by atoms with E-state index in [0.717, 1.165) is 27.4 Å². The molecule has 0 unspecified atom stereocenters. The molecule has 3 rings (SSSR count). The van der Waals surface area contributed by atoms with E-state index >= 15 is 0 Å². The lowest BCUT2D eigenvalue weighted by molar-refractivity contribution is -0.123. The molecule has 0 atom stereocenters. The van der Waals surface area contributed by atoms with Crippen LogP contribution in [0, 0.1) is 0 Å². The molecule has 2 amide bonds. The maximum Gasteiger partial charge on any atom is 0.293 e. The Balaban J connectivity index is 1.82. The standard InChI is InChI=1S/C17H12BrNO3S/c18-14-4-2-1-3-12(14)10-19-16(21)15(23-17(19)22)9-11-5-7-13(20)8-6-11/h1-9,20H,10H2/b15-9-. The van der Waals surface area contributed by atoms with Gasteiger partial charge in [-0.1, -0.05) is 46.3 Å². The molecule has 1 N–H and O–H groups in total. The van der Waals surface area contributed by atoms with Crippen LogP contribution in [0.4, 0.5) is 4.79 Å². The maximum absolute atomic E-state index is 12.5. The Kier molecular flexibility index (Phi) is 4.54. The maximum atomic E-state index is 12.5. The third-order valence-electron chi connectivity index (χ3n) is 3.35. The predicted octanol–water partition coefficient (Wildman–Crippen LogP) is 4.39. The van der Waals surface area contributed by atoms with Crippen molar-refractivity contribution in [3.8, 4) is 5.75 Å². The fourth-order valence-corrected chi connectivity index (χ4v) is 3.40. The van der Waals surface area contributed by atoms with Crippen LogP contribution in [0.5, 0.6) is 5.75 Å². The van der Waals surface area contributed by atoms with Crippen molar-refractivity contribution in [1.29, 1.82) is 0 Å². The van der Waals surface area contributed by atoms with E-state index in [1.54, 1.807) is 18.2 Å². The van der Waals surface area contributed by atoms with Crippen LogP contribution in [0.2, 0.25) is 0 Å². The summed E-state index contributed by atoms with van der Waals surface area (Å²) in [5.74, 6) is -0.145. The van der Waals surface area contributed by atoms with E-state index in [9.17, 15) is 14.7 Å². The number of hydrogen-bond donors (Lipinski definition) is 1. The van der Waals surface area contributed by atoms with E-state index < -0.39 is 0 Å².